The number of nitrogens with one attached hydrogen (secondary N) is 2. The van der Waals surface area contributed by atoms with E-state index in [2.05, 4.69) is 10.3 Å². The van der Waals surface area contributed by atoms with E-state index < -0.39 is 0 Å². The van der Waals surface area contributed by atoms with E-state index in [-0.39, 0.29) is 17.5 Å². The van der Waals surface area contributed by atoms with E-state index in [0.717, 1.165) is 36.7 Å². The third kappa shape index (κ3) is 2.48. The molecule has 5 nitrogen and oxygen atoms in total. The highest BCUT2D eigenvalue weighted by atomic mass is 16.2. The number of rotatable bonds is 4. The highest BCUT2D eigenvalue weighted by Gasteiger charge is 2.22. The van der Waals surface area contributed by atoms with Crippen molar-refractivity contribution in [2.75, 3.05) is 6.54 Å². The predicted octanol–water partition coefficient (Wildman–Crippen LogP) is 1.64. The number of H-pyrrole nitrogens is 1. The Morgan fingerprint density at radius 1 is 1.30 bits per heavy atom. The summed E-state index contributed by atoms with van der Waals surface area (Å²) in [6.07, 6.45) is 4.30. The van der Waals surface area contributed by atoms with Crippen LogP contribution in [-0.4, -0.2) is 22.0 Å². The number of imidazole rings is 1. The van der Waals surface area contributed by atoms with Crippen molar-refractivity contribution in [2.24, 2.45) is 5.92 Å². The van der Waals surface area contributed by atoms with Crippen LogP contribution >= 0.6 is 0 Å². The lowest BCUT2D eigenvalue weighted by Crippen LogP contribution is -2.33. The van der Waals surface area contributed by atoms with Gasteiger partial charge >= 0.3 is 5.69 Å². The molecule has 1 aromatic heterocycles. The summed E-state index contributed by atoms with van der Waals surface area (Å²) in [5, 5.41) is 2.94. The van der Waals surface area contributed by atoms with Gasteiger partial charge in [0.05, 0.1) is 11.0 Å². The van der Waals surface area contributed by atoms with Gasteiger partial charge in [0.15, 0.2) is 0 Å². The van der Waals surface area contributed by atoms with Crippen molar-refractivity contribution in [1.82, 2.24) is 14.9 Å². The molecule has 1 heterocycles. The fourth-order valence-electron chi connectivity index (χ4n) is 2.95. The second-order valence-corrected chi connectivity index (χ2v) is 5.37. The largest absolute Gasteiger partial charge is 0.354 e. The summed E-state index contributed by atoms with van der Waals surface area (Å²) in [6.45, 7) is 0.998. The van der Waals surface area contributed by atoms with Gasteiger partial charge in [0, 0.05) is 19.0 Å². The number of carbonyl (C=O) groups is 1. The number of fused-ring (bicyclic) bond motifs is 1. The van der Waals surface area contributed by atoms with Crippen molar-refractivity contribution in [1.29, 1.82) is 0 Å². The van der Waals surface area contributed by atoms with Crippen LogP contribution in [0.3, 0.4) is 0 Å². The second kappa shape index (κ2) is 5.53. The minimum absolute atomic E-state index is 0.124. The van der Waals surface area contributed by atoms with Crippen LogP contribution in [0.4, 0.5) is 0 Å². The summed E-state index contributed by atoms with van der Waals surface area (Å²) in [6, 6.07) is 7.59. The van der Waals surface area contributed by atoms with Crippen molar-refractivity contribution in [3.05, 3.63) is 34.7 Å². The van der Waals surface area contributed by atoms with E-state index in [9.17, 15) is 9.59 Å². The molecule has 1 amide bonds. The number of carbonyl (C=O) groups excluding carboxylic acids is 1. The standard InChI is InChI=1S/C15H19N3O2/c19-14(11-5-1-2-6-11)16-9-10-18-13-8-4-3-7-12(13)17-15(18)20/h3-4,7-8,11H,1-2,5-6,9-10H2,(H,16,19)(H,17,20). The number of aromatic amines is 1. The first kappa shape index (κ1) is 13.0. The molecule has 0 atom stereocenters. The average Bonchev–Trinajstić information content (AvgIpc) is 3.07. The molecule has 1 aliphatic carbocycles. The van der Waals surface area contributed by atoms with Gasteiger partial charge in [-0.3, -0.25) is 9.36 Å². The van der Waals surface area contributed by atoms with Crippen LogP contribution in [-0.2, 0) is 11.3 Å². The maximum Gasteiger partial charge on any atom is 0.326 e. The van der Waals surface area contributed by atoms with Crippen LogP contribution in [0.1, 0.15) is 25.7 Å². The minimum atomic E-state index is -0.124. The number of benzene rings is 1. The molecule has 3 rings (SSSR count). The van der Waals surface area contributed by atoms with Gasteiger partial charge in [0.2, 0.25) is 5.91 Å². The Morgan fingerprint density at radius 2 is 2.05 bits per heavy atom. The fourth-order valence-corrected chi connectivity index (χ4v) is 2.95. The molecule has 2 N–H and O–H groups in total. The Balaban J connectivity index is 1.64. The van der Waals surface area contributed by atoms with E-state index in [0.29, 0.717) is 13.1 Å². The van der Waals surface area contributed by atoms with Crippen LogP contribution in [0.5, 0.6) is 0 Å². The maximum atomic E-state index is 11.9. The molecule has 1 aromatic carbocycles. The van der Waals surface area contributed by atoms with Crippen molar-refractivity contribution in [3.8, 4) is 0 Å². The number of aromatic nitrogens is 2. The van der Waals surface area contributed by atoms with E-state index in [4.69, 9.17) is 0 Å². The number of hydrogen-bond donors (Lipinski definition) is 2. The molecule has 1 saturated carbocycles. The van der Waals surface area contributed by atoms with Gasteiger partial charge in [0.1, 0.15) is 0 Å². The van der Waals surface area contributed by atoms with Crippen LogP contribution in [0, 0.1) is 5.92 Å². The molecular formula is C15H19N3O2. The monoisotopic (exact) mass is 273 g/mol. The molecule has 5 heteroatoms. The fraction of sp³-hybridized carbons (Fsp3) is 0.467. The SMILES string of the molecule is O=C(NCCn1c(=O)[nH]c2ccccc21)C1CCCC1. The summed E-state index contributed by atoms with van der Waals surface area (Å²) in [4.78, 5) is 26.6. The molecular weight excluding hydrogens is 254 g/mol. The summed E-state index contributed by atoms with van der Waals surface area (Å²) >= 11 is 0. The summed E-state index contributed by atoms with van der Waals surface area (Å²) in [5.41, 5.74) is 1.59. The molecule has 1 aliphatic rings. The number of hydrogen-bond acceptors (Lipinski definition) is 2. The number of para-hydroxylation sites is 2. The third-order valence-corrected chi connectivity index (χ3v) is 4.04. The first-order valence-electron chi connectivity index (χ1n) is 7.21. The molecule has 1 fully saturated rings. The highest BCUT2D eigenvalue weighted by Crippen LogP contribution is 2.24. The molecule has 0 bridgehead atoms. The molecule has 0 radical (unpaired) electrons. The highest BCUT2D eigenvalue weighted by molar-refractivity contribution is 5.79. The lowest BCUT2D eigenvalue weighted by molar-refractivity contribution is -0.124. The topological polar surface area (TPSA) is 66.9 Å². The molecule has 2 aromatic rings. The quantitative estimate of drug-likeness (QED) is 0.889. The Bertz CT molecular complexity index is 665. The lowest BCUT2D eigenvalue weighted by atomic mass is 10.1. The first-order chi connectivity index (χ1) is 9.75. The van der Waals surface area contributed by atoms with Gasteiger partial charge in [-0.2, -0.15) is 0 Å². The summed E-state index contributed by atoms with van der Waals surface area (Å²) < 4.78 is 1.67. The van der Waals surface area contributed by atoms with E-state index in [1.54, 1.807) is 4.57 Å². The van der Waals surface area contributed by atoms with Crippen molar-refractivity contribution >= 4 is 16.9 Å². The van der Waals surface area contributed by atoms with E-state index in [1.807, 2.05) is 24.3 Å². The van der Waals surface area contributed by atoms with Gasteiger partial charge in [-0.25, -0.2) is 4.79 Å². The van der Waals surface area contributed by atoms with Crippen molar-refractivity contribution in [2.45, 2.75) is 32.2 Å². The number of nitrogens with zero attached hydrogens (tertiary/aromatic N) is 1. The lowest BCUT2D eigenvalue weighted by Gasteiger charge is -2.10. The van der Waals surface area contributed by atoms with E-state index >= 15 is 0 Å². The van der Waals surface area contributed by atoms with Gasteiger partial charge in [-0.15, -0.1) is 0 Å². The normalized spacial score (nSPS) is 15.8. The first-order valence-corrected chi connectivity index (χ1v) is 7.21. The summed E-state index contributed by atoms with van der Waals surface area (Å²) in [7, 11) is 0. The van der Waals surface area contributed by atoms with Gasteiger partial charge in [-0.1, -0.05) is 25.0 Å². The third-order valence-electron chi connectivity index (χ3n) is 4.04. The Labute approximate surface area is 117 Å². The average molecular weight is 273 g/mol. The van der Waals surface area contributed by atoms with Crippen molar-refractivity contribution in [3.63, 3.8) is 0 Å². The van der Waals surface area contributed by atoms with Gasteiger partial charge < -0.3 is 10.3 Å². The molecule has 0 spiro atoms. The Kier molecular flexibility index (Phi) is 3.58. The van der Waals surface area contributed by atoms with E-state index in [1.165, 1.54) is 0 Å². The number of amides is 1. The molecule has 0 unspecified atom stereocenters. The smallest absolute Gasteiger partial charge is 0.326 e. The van der Waals surface area contributed by atoms with Crippen LogP contribution in [0.2, 0.25) is 0 Å². The zero-order valence-electron chi connectivity index (χ0n) is 11.4. The van der Waals surface area contributed by atoms with Gasteiger partial charge in [0.25, 0.3) is 0 Å². The molecule has 20 heavy (non-hydrogen) atoms. The van der Waals surface area contributed by atoms with Crippen LogP contribution in [0.15, 0.2) is 29.1 Å². The zero-order valence-corrected chi connectivity index (χ0v) is 11.4. The molecule has 0 saturated heterocycles. The summed E-state index contributed by atoms with van der Waals surface area (Å²) in [5.74, 6) is 0.310. The molecule has 106 valence electrons. The van der Waals surface area contributed by atoms with Crippen molar-refractivity contribution < 1.29 is 4.79 Å². The van der Waals surface area contributed by atoms with Gasteiger partial charge in [-0.05, 0) is 25.0 Å². The minimum Gasteiger partial charge on any atom is -0.354 e. The Morgan fingerprint density at radius 3 is 2.85 bits per heavy atom. The van der Waals surface area contributed by atoms with Crippen LogP contribution in [0.25, 0.3) is 11.0 Å². The Hall–Kier alpha value is -2.04. The predicted molar refractivity (Wildman–Crippen MR) is 77.5 cm³/mol. The zero-order chi connectivity index (χ0) is 13.9. The molecule has 0 aliphatic heterocycles. The van der Waals surface area contributed by atoms with Crippen LogP contribution < -0.4 is 11.0 Å². The maximum absolute atomic E-state index is 11.9. The second-order valence-electron chi connectivity index (χ2n) is 5.37.